The van der Waals surface area contributed by atoms with Gasteiger partial charge in [-0.15, -0.1) is 0 Å². The van der Waals surface area contributed by atoms with Crippen LogP contribution < -0.4 is 10.5 Å². The third-order valence-electron chi connectivity index (χ3n) is 6.76. The molecule has 2 N–H and O–H groups in total. The molecule has 0 bridgehead atoms. The molecule has 0 spiro atoms. The van der Waals surface area contributed by atoms with Crippen molar-refractivity contribution in [2.75, 3.05) is 25.6 Å². The molecule has 3 aliphatic heterocycles. The molecule has 0 radical (unpaired) electrons. The third-order valence-corrected chi connectivity index (χ3v) is 8.57. The lowest BCUT2D eigenvalue weighted by molar-refractivity contribution is -0.0924. The molecule has 2 aromatic heterocycles. The largest absolute Gasteiger partial charge is 0.509 e. The van der Waals surface area contributed by atoms with E-state index < -0.39 is 49.9 Å². The number of rotatable bonds is 7. The van der Waals surface area contributed by atoms with Crippen LogP contribution in [0.1, 0.15) is 38.2 Å². The molecule has 0 amide bonds. The van der Waals surface area contributed by atoms with Crippen LogP contribution in [0, 0.1) is 5.82 Å². The third kappa shape index (κ3) is 4.66. The number of phosphoric ester groups is 1. The molecule has 14 nitrogen and oxygen atoms in total. The average Bonchev–Trinajstić information content (AvgIpc) is 3.52. The Morgan fingerprint density at radius 3 is 2.95 bits per heavy atom. The van der Waals surface area contributed by atoms with Crippen LogP contribution in [0.5, 0.6) is 5.88 Å². The van der Waals surface area contributed by atoms with Crippen LogP contribution >= 0.6 is 19.4 Å². The summed E-state index contributed by atoms with van der Waals surface area (Å²) in [4.78, 5) is 24.8. The Balaban J connectivity index is 1.25. The van der Waals surface area contributed by atoms with Crippen LogP contribution in [0.3, 0.4) is 0 Å². The highest BCUT2D eigenvalue weighted by molar-refractivity contribution is 7.48. The van der Waals surface area contributed by atoms with Gasteiger partial charge in [-0.3, -0.25) is 18.1 Å². The summed E-state index contributed by atoms with van der Waals surface area (Å²) in [6.07, 6.45) is -2.85. The smallest absolute Gasteiger partial charge is 0.476 e. The van der Waals surface area contributed by atoms with Crippen molar-refractivity contribution in [3.8, 4) is 5.88 Å². The summed E-state index contributed by atoms with van der Waals surface area (Å²) in [7, 11) is -4.12. The van der Waals surface area contributed by atoms with Crippen molar-refractivity contribution in [1.29, 1.82) is 0 Å². The van der Waals surface area contributed by atoms with E-state index in [0.29, 0.717) is 17.5 Å². The van der Waals surface area contributed by atoms with Crippen LogP contribution in [0.4, 0.5) is 15.1 Å². The molecule has 0 aliphatic carbocycles. The second-order valence-electron chi connectivity index (χ2n) is 9.37. The van der Waals surface area contributed by atoms with E-state index in [1.165, 1.54) is 18.5 Å². The van der Waals surface area contributed by atoms with Gasteiger partial charge in [0.1, 0.15) is 18.2 Å². The van der Waals surface area contributed by atoms with Gasteiger partial charge in [0.15, 0.2) is 29.1 Å². The molecular formula is C23H24ClFN5O9P. The zero-order valence-electron chi connectivity index (χ0n) is 21.2. The Bertz CT molecular complexity index is 1530. The first-order chi connectivity index (χ1) is 19.1. The van der Waals surface area contributed by atoms with Crippen LogP contribution in [0.25, 0.3) is 11.2 Å². The number of hydrogen-bond donors (Lipinski definition) is 1. The molecule has 3 fully saturated rings. The van der Waals surface area contributed by atoms with Crippen molar-refractivity contribution in [1.82, 2.24) is 19.5 Å². The van der Waals surface area contributed by atoms with E-state index in [4.69, 9.17) is 49.9 Å². The van der Waals surface area contributed by atoms with Crippen LogP contribution in [-0.4, -0.2) is 63.3 Å². The second kappa shape index (κ2) is 10.1. The standard InChI is InChI=1S/C23H24ClFN5O9P/c1-3-33-19-16-18(28-21(26)29-19)27-10-30(16)20-23(2)17(37-22(31)38-23)15(36-20)9-35-40(32)34-7-6-14(39-40)12-5-4-11(25)8-13(12)24/h4-5,8,10,14-15,17,20H,3,6-7,9H2,1-2H3,(H2,26,28,29)/t14-,15-,17-,20-,23-,40+/m1/s1. The van der Waals surface area contributed by atoms with Gasteiger partial charge in [-0.25, -0.2) is 18.7 Å². The predicted octanol–water partition coefficient (Wildman–Crippen LogP) is 4.09. The highest BCUT2D eigenvalue weighted by Gasteiger charge is 2.64. The molecule has 214 valence electrons. The van der Waals surface area contributed by atoms with E-state index in [-0.39, 0.29) is 42.3 Å². The minimum absolute atomic E-state index is 0.0306. The molecule has 6 atom stereocenters. The number of nitrogens with two attached hydrogens (primary N) is 1. The first kappa shape index (κ1) is 27.1. The Labute approximate surface area is 231 Å². The SMILES string of the molecule is CCOc1nc(N)nc2ncn([C@@H]3O[C@H](CO[P@]4(=O)OCC[C@H](c5ccc(F)cc5Cl)O4)[C@H]4OC(=O)O[C@]43C)c12. The molecule has 0 unspecified atom stereocenters. The number of nitrogen functional groups attached to an aromatic ring is 1. The van der Waals surface area contributed by atoms with E-state index in [2.05, 4.69) is 15.0 Å². The number of halogens is 2. The first-order valence-corrected chi connectivity index (χ1v) is 14.1. The fourth-order valence-corrected chi connectivity index (χ4v) is 6.70. The van der Waals surface area contributed by atoms with Crippen molar-refractivity contribution in [3.05, 3.63) is 40.9 Å². The molecule has 0 saturated carbocycles. The van der Waals surface area contributed by atoms with E-state index in [0.717, 1.165) is 6.07 Å². The summed E-state index contributed by atoms with van der Waals surface area (Å²) >= 11 is 6.17. The minimum atomic E-state index is -4.12. The Kier molecular flexibility index (Phi) is 6.84. The van der Waals surface area contributed by atoms with Crippen molar-refractivity contribution in [3.63, 3.8) is 0 Å². The number of phosphoric acid groups is 1. The number of aromatic nitrogens is 4. The fraction of sp³-hybridized carbons (Fsp3) is 0.478. The molecule has 3 aliphatic rings. The quantitative estimate of drug-likeness (QED) is 0.305. The minimum Gasteiger partial charge on any atom is -0.476 e. The predicted molar refractivity (Wildman–Crippen MR) is 134 cm³/mol. The number of benzene rings is 1. The van der Waals surface area contributed by atoms with Gasteiger partial charge >= 0.3 is 14.0 Å². The van der Waals surface area contributed by atoms with E-state index in [1.54, 1.807) is 18.4 Å². The summed E-state index contributed by atoms with van der Waals surface area (Å²) in [6, 6.07) is 3.82. The lowest BCUT2D eigenvalue weighted by atomic mass is 9.96. The van der Waals surface area contributed by atoms with E-state index in [9.17, 15) is 13.8 Å². The number of nitrogens with zero attached hydrogens (tertiary/aromatic N) is 4. The highest BCUT2D eigenvalue weighted by atomic mass is 35.5. The van der Waals surface area contributed by atoms with Gasteiger partial charge in [0.2, 0.25) is 11.8 Å². The summed E-state index contributed by atoms with van der Waals surface area (Å²) in [5.41, 5.74) is 5.48. The number of anilines is 1. The Morgan fingerprint density at radius 1 is 1.35 bits per heavy atom. The van der Waals surface area contributed by atoms with Crippen molar-refractivity contribution >= 4 is 42.7 Å². The summed E-state index contributed by atoms with van der Waals surface area (Å²) in [5, 5.41) is 0.121. The Hall–Kier alpha value is -3.07. The van der Waals surface area contributed by atoms with Gasteiger partial charge in [-0.1, -0.05) is 17.7 Å². The number of fused-ring (bicyclic) bond motifs is 2. The lowest BCUT2D eigenvalue weighted by Crippen LogP contribution is -2.42. The van der Waals surface area contributed by atoms with Gasteiger partial charge in [0, 0.05) is 17.0 Å². The van der Waals surface area contributed by atoms with Crippen molar-refractivity contribution in [2.45, 2.75) is 50.4 Å². The van der Waals surface area contributed by atoms with Gasteiger partial charge in [0.25, 0.3) is 0 Å². The molecule has 40 heavy (non-hydrogen) atoms. The molecule has 3 aromatic rings. The average molecular weight is 600 g/mol. The topological polar surface area (TPSA) is 168 Å². The van der Waals surface area contributed by atoms with Crippen LogP contribution in [0.15, 0.2) is 24.5 Å². The highest BCUT2D eigenvalue weighted by Crippen LogP contribution is 2.58. The number of hydrogen-bond acceptors (Lipinski definition) is 13. The summed E-state index contributed by atoms with van der Waals surface area (Å²) in [5.74, 6) is -0.384. The molecule has 3 saturated heterocycles. The molecular weight excluding hydrogens is 576 g/mol. The number of carbonyl (C=O) groups excluding carboxylic acids is 1. The Morgan fingerprint density at radius 2 is 2.17 bits per heavy atom. The van der Waals surface area contributed by atoms with Gasteiger partial charge in [-0.05, 0) is 26.0 Å². The fourth-order valence-electron chi connectivity index (χ4n) is 5.02. The summed E-state index contributed by atoms with van der Waals surface area (Å²) < 4.78 is 67.9. The maximum absolute atomic E-state index is 13.5. The monoisotopic (exact) mass is 599 g/mol. The van der Waals surface area contributed by atoms with Gasteiger partial charge in [-0.2, -0.15) is 9.97 Å². The lowest BCUT2D eigenvalue weighted by Gasteiger charge is -2.30. The van der Waals surface area contributed by atoms with Gasteiger partial charge in [0.05, 0.1) is 25.9 Å². The van der Waals surface area contributed by atoms with Crippen LogP contribution in [-0.2, 0) is 32.3 Å². The molecule has 17 heteroatoms. The van der Waals surface area contributed by atoms with Crippen molar-refractivity contribution < 1.29 is 46.3 Å². The summed E-state index contributed by atoms with van der Waals surface area (Å²) in [6.45, 7) is 3.37. The molecule has 5 heterocycles. The van der Waals surface area contributed by atoms with Crippen LogP contribution in [0.2, 0.25) is 5.02 Å². The van der Waals surface area contributed by atoms with E-state index in [1.807, 2.05) is 0 Å². The second-order valence-corrected chi connectivity index (χ2v) is 11.4. The zero-order valence-corrected chi connectivity index (χ0v) is 22.8. The molecule has 1 aromatic carbocycles. The van der Waals surface area contributed by atoms with E-state index >= 15 is 0 Å². The maximum Gasteiger partial charge on any atom is 0.509 e. The normalized spacial score (nSPS) is 31.6. The zero-order chi connectivity index (χ0) is 28.2. The number of ether oxygens (including phenoxy) is 4. The molecule has 6 rings (SSSR count). The first-order valence-electron chi connectivity index (χ1n) is 12.3. The number of carbonyl (C=O) groups is 1. The van der Waals surface area contributed by atoms with Gasteiger partial charge < -0.3 is 24.7 Å². The van der Waals surface area contributed by atoms with Crippen molar-refractivity contribution in [2.24, 2.45) is 0 Å². The number of imidazole rings is 1. The maximum atomic E-state index is 13.5.